The molecule has 3 aromatic rings. The molecule has 2 aromatic heterocycles. The first-order valence-corrected chi connectivity index (χ1v) is 6.09. The molecule has 2 heterocycles. The monoisotopic (exact) mass is 268 g/mol. The Kier molecular flexibility index (Phi) is 2.69. The largest absolute Gasteiger partial charge is 0.281 e. The van der Waals surface area contributed by atoms with Gasteiger partial charge in [-0.15, -0.1) is 10.2 Å². The Labute approximate surface area is 114 Å². The number of hydrogen-bond acceptors (Lipinski definition) is 3. The molecular formula is C14H9ClN4. The molecule has 0 aliphatic carbocycles. The molecule has 4 nitrogen and oxygen atoms in total. The van der Waals surface area contributed by atoms with Gasteiger partial charge in [-0.25, -0.2) is 0 Å². The summed E-state index contributed by atoms with van der Waals surface area (Å²) in [6, 6.07) is 11.3. The van der Waals surface area contributed by atoms with Crippen LogP contribution in [0.4, 0.5) is 0 Å². The minimum absolute atomic E-state index is 0.553. The zero-order valence-electron chi connectivity index (χ0n) is 10.1. The van der Waals surface area contributed by atoms with E-state index in [1.807, 2.05) is 25.1 Å². The normalized spacial score (nSPS) is 10.6. The molecule has 0 spiro atoms. The number of aromatic nitrogens is 3. The fourth-order valence-electron chi connectivity index (χ4n) is 1.96. The van der Waals surface area contributed by atoms with Crippen molar-refractivity contribution < 1.29 is 0 Å². The molecular weight excluding hydrogens is 260 g/mol. The van der Waals surface area contributed by atoms with Crippen LogP contribution in [0.2, 0.25) is 5.02 Å². The quantitative estimate of drug-likeness (QED) is 0.681. The standard InChI is InChI=1S/C14H9ClN4/c1-9-3-2-4-11(13(9)15)14-18-17-12-6-5-10(7-16)8-19(12)14/h2-6,8H,1H3. The average Bonchev–Trinajstić information content (AvgIpc) is 2.84. The number of fused-ring (bicyclic) bond motifs is 1. The van der Waals surface area contributed by atoms with Crippen LogP contribution >= 0.6 is 11.6 Å². The maximum atomic E-state index is 8.96. The van der Waals surface area contributed by atoms with Crippen LogP contribution in [0.1, 0.15) is 11.1 Å². The van der Waals surface area contributed by atoms with E-state index in [0.717, 1.165) is 11.1 Å². The number of pyridine rings is 1. The third kappa shape index (κ3) is 1.85. The molecule has 0 aliphatic rings. The molecule has 0 saturated heterocycles. The SMILES string of the molecule is Cc1cccc(-c2nnc3ccc(C#N)cn23)c1Cl. The van der Waals surface area contributed by atoms with Gasteiger partial charge in [0.05, 0.1) is 10.6 Å². The van der Waals surface area contributed by atoms with Crippen molar-refractivity contribution in [3.63, 3.8) is 0 Å². The highest BCUT2D eigenvalue weighted by atomic mass is 35.5. The molecule has 92 valence electrons. The summed E-state index contributed by atoms with van der Waals surface area (Å²) in [5, 5.41) is 17.9. The smallest absolute Gasteiger partial charge is 0.169 e. The molecule has 0 N–H and O–H groups in total. The van der Waals surface area contributed by atoms with Crippen molar-refractivity contribution in [3.05, 3.63) is 52.7 Å². The summed E-state index contributed by atoms with van der Waals surface area (Å²) in [6.45, 7) is 1.94. The summed E-state index contributed by atoms with van der Waals surface area (Å²) >= 11 is 6.31. The van der Waals surface area contributed by atoms with Crippen molar-refractivity contribution in [2.45, 2.75) is 6.92 Å². The minimum Gasteiger partial charge on any atom is -0.281 e. The maximum absolute atomic E-state index is 8.96. The Morgan fingerprint density at radius 3 is 2.84 bits per heavy atom. The second-order valence-corrected chi connectivity index (χ2v) is 4.60. The van der Waals surface area contributed by atoms with Gasteiger partial charge in [-0.1, -0.05) is 23.7 Å². The number of hydrogen-bond donors (Lipinski definition) is 0. The first-order chi connectivity index (χ1) is 9.20. The van der Waals surface area contributed by atoms with Crippen molar-refractivity contribution in [1.82, 2.24) is 14.6 Å². The van der Waals surface area contributed by atoms with Crippen molar-refractivity contribution in [1.29, 1.82) is 5.26 Å². The molecule has 5 heteroatoms. The molecule has 3 rings (SSSR count). The van der Waals surface area contributed by atoms with E-state index in [-0.39, 0.29) is 0 Å². The lowest BCUT2D eigenvalue weighted by Gasteiger charge is -2.05. The first kappa shape index (κ1) is 11.7. The van der Waals surface area contributed by atoms with Crippen LogP contribution < -0.4 is 0 Å². The van der Waals surface area contributed by atoms with Crippen LogP contribution in [-0.2, 0) is 0 Å². The first-order valence-electron chi connectivity index (χ1n) is 5.71. The highest BCUT2D eigenvalue weighted by molar-refractivity contribution is 6.33. The molecule has 0 unspecified atom stereocenters. The zero-order chi connectivity index (χ0) is 13.4. The van der Waals surface area contributed by atoms with Crippen molar-refractivity contribution >= 4 is 17.2 Å². The molecule has 0 atom stereocenters. The minimum atomic E-state index is 0.553. The fraction of sp³-hybridized carbons (Fsp3) is 0.0714. The Morgan fingerprint density at radius 1 is 1.21 bits per heavy atom. The van der Waals surface area contributed by atoms with Gasteiger partial charge in [0.2, 0.25) is 0 Å². The van der Waals surface area contributed by atoms with Crippen molar-refractivity contribution in [2.24, 2.45) is 0 Å². The average molecular weight is 269 g/mol. The summed E-state index contributed by atoms with van der Waals surface area (Å²) in [6.07, 6.45) is 1.71. The number of aryl methyl sites for hydroxylation is 1. The van der Waals surface area contributed by atoms with E-state index in [1.54, 1.807) is 22.7 Å². The topological polar surface area (TPSA) is 54.0 Å². The summed E-state index contributed by atoms with van der Waals surface area (Å²) in [5.41, 5.74) is 3.03. The van der Waals surface area contributed by atoms with E-state index in [2.05, 4.69) is 16.3 Å². The van der Waals surface area contributed by atoms with E-state index < -0.39 is 0 Å². The van der Waals surface area contributed by atoms with E-state index in [4.69, 9.17) is 16.9 Å². The zero-order valence-corrected chi connectivity index (χ0v) is 10.9. The van der Waals surface area contributed by atoms with Gasteiger partial charge in [0.15, 0.2) is 11.5 Å². The lowest BCUT2D eigenvalue weighted by molar-refractivity contribution is 1.11. The molecule has 0 amide bonds. The van der Waals surface area contributed by atoms with E-state index >= 15 is 0 Å². The number of benzene rings is 1. The fourth-order valence-corrected chi connectivity index (χ4v) is 2.17. The predicted molar refractivity (Wildman–Crippen MR) is 72.9 cm³/mol. The van der Waals surface area contributed by atoms with E-state index in [9.17, 15) is 0 Å². The predicted octanol–water partition coefficient (Wildman–Crippen LogP) is 3.23. The second kappa shape index (κ2) is 4.38. The highest BCUT2D eigenvalue weighted by Crippen LogP contribution is 2.29. The number of nitrogens with zero attached hydrogens (tertiary/aromatic N) is 4. The Hall–Kier alpha value is -2.38. The third-order valence-electron chi connectivity index (χ3n) is 2.96. The Morgan fingerprint density at radius 2 is 2.05 bits per heavy atom. The van der Waals surface area contributed by atoms with E-state index in [1.165, 1.54) is 0 Å². The molecule has 0 radical (unpaired) electrons. The van der Waals surface area contributed by atoms with Crippen LogP contribution in [0.15, 0.2) is 36.5 Å². The molecule has 0 aliphatic heterocycles. The van der Waals surface area contributed by atoms with Gasteiger partial charge in [-0.2, -0.15) is 5.26 Å². The van der Waals surface area contributed by atoms with Gasteiger partial charge in [-0.3, -0.25) is 4.40 Å². The Balaban J connectivity index is 2.31. The van der Waals surface area contributed by atoms with Crippen molar-refractivity contribution in [3.8, 4) is 17.5 Å². The molecule has 0 saturated carbocycles. The second-order valence-electron chi connectivity index (χ2n) is 4.22. The van der Waals surface area contributed by atoms with E-state index in [0.29, 0.717) is 22.1 Å². The molecule has 0 fully saturated rings. The van der Waals surface area contributed by atoms with Gasteiger partial charge < -0.3 is 0 Å². The van der Waals surface area contributed by atoms with Crippen LogP contribution in [0.5, 0.6) is 0 Å². The lowest BCUT2D eigenvalue weighted by Crippen LogP contribution is -1.92. The summed E-state index contributed by atoms with van der Waals surface area (Å²) < 4.78 is 1.78. The van der Waals surface area contributed by atoms with Crippen molar-refractivity contribution in [2.75, 3.05) is 0 Å². The van der Waals surface area contributed by atoms with Crippen LogP contribution in [0.3, 0.4) is 0 Å². The highest BCUT2D eigenvalue weighted by Gasteiger charge is 2.12. The molecule has 1 aromatic carbocycles. The van der Waals surface area contributed by atoms with Crippen LogP contribution in [0.25, 0.3) is 17.0 Å². The van der Waals surface area contributed by atoms with Crippen LogP contribution in [-0.4, -0.2) is 14.6 Å². The van der Waals surface area contributed by atoms with Gasteiger partial charge in [0.1, 0.15) is 6.07 Å². The van der Waals surface area contributed by atoms with Gasteiger partial charge >= 0.3 is 0 Å². The summed E-state index contributed by atoms with van der Waals surface area (Å²) in [4.78, 5) is 0. The lowest BCUT2D eigenvalue weighted by atomic mass is 10.1. The Bertz CT molecular complexity index is 814. The summed E-state index contributed by atoms with van der Waals surface area (Å²) in [7, 11) is 0. The number of nitriles is 1. The molecule has 19 heavy (non-hydrogen) atoms. The summed E-state index contributed by atoms with van der Waals surface area (Å²) in [5.74, 6) is 0.640. The van der Waals surface area contributed by atoms with Gasteiger partial charge in [0, 0.05) is 11.8 Å². The maximum Gasteiger partial charge on any atom is 0.169 e. The van der Waals surface area contributed by atoms with Gasteiger partial charge in [0.25, 0.3) is 0 Å². The van der Waals surface area contributed by atoms with Gasteiger partial charge in [-0.05, 0) is 30.7 Å². The third-order valence-corrected chi connectivity index (χ3v) is 3.47. The molecule has 0 bridgehead atoms. The number of rotatable bonds is 1. The number of halogens is 1. The van der Waals surface area contributed by atoms with Crippen LogP contribution in [0, 0.1) is 18.3 Å².